The fourth-order valence-electron chi connectivity index (χ4n) is 3.39. The maximum absolute atomic E-state index is 12.8. The number of benzene rings is 2. The van der Waals surface area contributed by atoms with E-state index in [1.54, 1.807) is 18.2 Å². The van der Waals surface area contributed by atoms with Crippen molar-refractivity contribution >= 4 is 5.78 Å². The molecule has 1 aliphatic carbocycles. The molecule has 2 aromatic carbocycles. The summed E-state index contributed by atoms with van der Waals surface area (Å²) in [5.74, 6) is 1.30. The van der Waals surface area contributed by atoms with Crippen LogP contribution in [0.3, 0.4) is 0 Å². The third-order valence-corrected chi connectivity index (χ3v) is 5.35. The lowest BCUT2D eigenvalue weighted by atomic mass is 9.76. The van der Waals surface area contributed by atoms with Crippen LogP contribution in [0, 0.1) is 11.3 Å². The van der Waals surface area contributed by atoms with E-state index in [1.165, 1.54) is 0 Å². The van der Waals surface area contributed by atoms with Crippen molar-refractivity contribution in [3.05, 3.63) is 84.0 Å². The highest BCUT2D eigenvalue weighted by Crippen LogP contribution is 2.32. The second kappa shape index (κ2) is 10.9. The number of hydrogen-bond donors (Lipinski definition) is 1. The number of hydroxylamine groups is 1. The number of carbonyl (C=O) groups excluding carboxylic acids is 1. The molecule has 0 radical (unpaired) electrons. The lowest BCUT2D eigenvalue weighted by Crippen LogP contribution is -2.33. The first kappa shape index (κ1) is 22.8. The number of Topliss-reactive ketones (excluding diaryl/α,β-unsaturated/α-hetero) is 1. The Morgan fingerprint density at radius 3 is 2.61 bits per heavy atom. The molecule has 1 aliphatic rings. The Kier molecular flexibility index (Phi) is 8.04. The highest BCUT2D eigenvalue weighted by Gasteiger charge is 2.26. The van der Waals surface area contributed by atoms with Gasteiger partial charge >= 0.3 is 0 Å². The molecular formula is C26H31NO4. The van der Waals surface area contributed by atoms with Gasteiger partial charge in [0.2, 0.25) is 0 Å². The van der Waals surface area contributed by atoms with Crippen LogP contribution in [-0.4, -0.2) is 25.5 Å². The molecular weight excluding hydrogens is 390 g/mol. The van der Waals surface area contributed by atoms with Gasteiger partial charge in [0.05, 0.1) is 12.2 Å². The van der Waals surface area contributed by atoms with Gasteiger partial charge in [-0.1, -0.05) is 68.5 Å². The minimum atomic E-state index is -0.156. The van der Waals surface area contributed by atoms with Gasteiger partial charge in [0.25, 0.3) is 0 Å². The largest absolute Gasteiger partial charge is 0.494 e. The summed E-state index contributed by atoms with van der Waals surface area (Å²) in [4.78, 5) is 18.3. The van der Waals surface area contributed by atoms with Crippen molar-refractivity contribution in [3.8, 4) is 11.5 Å². The number of hydrogen-bond acceptors (Lipinski definition) is 5. The van der Waals surface area contributed by atoms with Gasteiger partial charge in [0, 0.05) is 18.5 Å². The van der Waals surface area contributed by atoms with Crippen molar-refractivity contribution in [2.24, 2.45) is 11.3 Å². The maximum Gasteiger partial charge on any atom is 0.194 e. The van der Waals surface area contributed by atoms with Crippen molar-refractivity contribution in [2.45, 2.75) is 27.4 Å². The van der Waals surface area contributed by atoms with Crippen LogP contribution in [0.1, 0.15) is 36.7 Å². The summed E-state index contributed by atoms with van der Waals surface area (Å²) in [7, 11) is 0. The maximum atomic E-state index is 12.8. The van der Waals surface area contributed by atoms with E-state index in [-0.39, 0.29) is 17.8 Å². The van der Waals surface area contributed by atoms with Gasteiger partial charge in [-0.2, -0.15) is 0 Å². The van der Waals surface area contributed by atoms with E-state index in [9.17, 15) is 4.79 Å². The van der Waals surface area contributed by atoms with Crippen LogP contribution >= 0.6 is 0 Å². The Morgan fingerprint density at radius 2 is 1.87 bits per heavy atom. The Bertz CT molecular complexity index is 918. The van der Waals surface area contributed by atoms with Gasteiger partial charge in [-0.3, -0.25) is 9.63 Å². The molecule has 0 saturated heterocycles. The van der Waals surface area contributed by atoms with Crippen molar-refractivity contribution in [2.75, 3.05) is 19.8 Å². The van der Waals surface area contributed by atoms with Crippen LogP contribution in [0.4, 0.5) is 0 Å². The Morgan fingerprint density at radius 1 is 1.06 bits per heavy atom. The molecule has 164 valence electrons. The SMILES string of the molecule is CCOc1ccc(C(=O)CONCC2C=CC=CC2(C)C)c(OCc2ccccc2)c1. The normalized spacial score (nSPS) is 16.8. The summed E-state index contributed by atoms with van der Waals surface area (Å²) in [6, 6.07) is 15.1. The molecule has 0 fully saturated rings. The highest BCUT2D eigenvalue weighted by atomic mass is 16.6. The number of nitrogens with one attached hydrogen (secondary N) is 1. The Labute approximate surface area is 184 Å². The first-order chi connectivity index (χ1) is 15.0. The quantitative estimate of drug-likeness (QED) is 0.309. The van der Waals surface area contributed by atoms with Gasteiger partial charge in [0.15, 0.2) is 5.78 Å². The molecule has 1 atom stereocenters. The molecule has 5 nitrogen and oxygen atoms in total. The number of rotatable bonds is 11. The lowest BCUT2D eigenvalue weighted by Gasteiger charge is -2.31. The third kappa shape index (κ3) is 6.54. The molecule has 0 amide bonds. The zero-order valence-electron chi connectivity index (χ0n) is 18.5. The molecule has 1 N–H and O–H groups in total. The summed E-state index contributed by atoms with van der Waals surface area (Å²) < 4.78 is 11.5. The summed E-state index contributed by atoms with van der Waals surface area (Å²) >= 11 is 0. The summed E-state index contributed by atoms with van der Waals surface area (Å²) in [5.41, 5.74) is 4.49. The smallest absolute Gasteiger partial charge is 0.194 e. The molecule has 1 unspecified atom stereocenters. The second-order valence-electron chi connectivity index (χ2n) is 8.10. The molecule has 3 rings (SSSR count). The fourth-order valence-corrected chi connectivity index (χ4v) is 3.39. The van der Waals surface area contributed by atoms with Gasteiger partial charge in [0.1, 0.15) is 24.7 Å². The average Bonchev–Trinajstić information content (AvgIpc) is 2.77. The van der Waals surface area contributed by atoms with E-state index >= 15 is 0 Å². The fraction of sp³-hybridized carbons (Fsp3) is 0.346. The summed E-state index contributed by atoms with van der Waals surface area (Å²) in [6.07, 6.45) is 8.43. The first-order valence-corrected chi connectivity index (χ1v) is 10.7. The Balaban J connectivity index is 1.59. The van der Waals surface area contributed by atoms with E-state index in [0.29, 0.717) is 42.7 Å². The van der Waals surface area contributed by atoms with Crippen LogP contribution in [0.15, 0.2) is 72.8 Å². The number of ketones is 1. The van der Waals surface area contributed by atoms with E-state index in [0.717, 1.165) is 5.56 Å². The highest BCUT2D eigenvalue weighted by molar-refractivity contribution is 5.99. The number of allylic oxidation sites excluding steroid dienone is 3. The minimum absolute atomic E-state index is 0.0443. The zero-order chi connectivity index (χ0) is 22.1. The van der Waals surface area contributed by atoms with Crippen LogP contribution in [0.2, 0.25) is 0 Å². The van der Waals surface area contributed by atoms with E-state index < -0.39 is 0 Å². The standard InChI is InChI=1S/C26H31NO4/c1-4-29-22-13-14-23(25(16-22)30-18-20-10-6-5-7-11-20)24(28)19-31-27-17-21-12-8-9-15-26(21,2)3/h5-16,21,27H,4,17-19H2,1-3H3. The number of carbonyl (C=O) groups is 1. The summed E-state index contributed by atoms with van der Waals surface area (Å²) in [6.45, 7) is 7.74. The predicted molar refractivity (Wildman–Crippen MR) is 122 cm³/mol. The summed E-state index contributed by atoms with van der Waals surface area (Å²) in [5, 5.41) is 0. The van der Waals surface area contributed by atoms with Gasteiger partial charge < -0.3 is 9.47 Å². The molecule has 31 heavy (non-hydrogen) atoms. The molecule has 0 bridgehead atoms. The van der Waals surface area contributed by atoms with Crippen LogP contribution < -0.4 is 15.0 Å². The topological polar surface area (TPSA) is 56.8 Å². The average molecular weight is 422 g/mol. The first-order valence-electron chi connectivity index (χ1n) is 10.7. The van der Waals surface area contributed by atoms with E-state index in [2.05, 4.69) is 37.6 Å². The van der Waals surface area contributed by atoms with Crippen molar-refractivity contribution < 1.29 is 19.1 Å². The molecule has 5 heteroatoms. The van der Waals surface area contributed by atoms with Gasteiger partial charge in [-0.05, 0) is 30.0 Å². The molecule has 0 saturated carbocycles. The van der Waals surface area contributed by atoms with E-state index in [4.69, 9.17) is 14.3 Å². The molecule has 2 aromatic rings. The molecule has 0 aliphatic heterocycles. The third-order valence-electron chi connectivity index (χ3n) is 5.35. The van der Waals surface area contributed by atoms with Gasteiger partial charge in [-0.15, -0.1) is 0 Å². The van der Waals surface area contributed by atoms with E-state index in [1.807, 2.05) is 43.3 Å². The van der Waals surface area contributed by atoms with Crippen molar-refractivity contribution in [3.63, 3.8) is 0 Å². The van der Waals surface area contributed by atoms with Gasteiger partial charge in [-0.25, -0.2) is 5.48 Å². The molecule has 0 aromatic heterocycles. The monoisotopic (exact) mass is 421 g/mol. The predicted octanol–water partition coefficient (Wildman–Crippen LogP) is 5.14. The second-order valence-corrected chi connectivity index (χ2v) is 8.10. The van der Waals surface area contributed by atoms with Crippen LogP contribution in [0.5, 0.6) is 11.5 Å². The lowest BCUT2D eigenvalue weighted by molar-refractivity contribution is 0.0284. The minimum Gasteiger partial charge on any atom is -0.494 e. The van der Waals surface area contributed by atoms with Crippen molar-refractivity contribution in [1.82, 2.24) is 5.48 Å². The molecule has 0 heterocycles. The van der Waals surface area contributed by atoms with Crippen LogP contribution in [-0.2, 0) is 11.4 Å². The zero-order valence-corrected chi connectivity index (χ0v) is 18.5. The van der Waals surface area contributed by atoms with Crippen LogP contribution in [0.25, 0.3) is 0 Å². The molecule has 0 spiro atoms. The Hall–Kier alpha value is -2.89. The number of ether oxygens (including phenoxy) is 2. The van der Waals surface area contributed by atoms with Crippen molar-refractivity contribution in [1.29, 1.82) is 0 Å².